The summed E-state index contributed by atoms with van der Waals surface area (Å²) >= 11 is 6.40. The average Bonchev–Trinajstić information content (AvgIpc) is 2.57. The Hall–Kier alpha value is -1.72. The number of hydrogen-bond donors (Lipinski definition) is 1. The maximum atomic E-state index is 10.2. The van der Waals surface area contributed by atoms with Gasteiger partial charge in [-0.2, -0.15) is 0 Å². The topological polar surface area (TPSA) is 51.6 Å². The van der Waals surface area contributed by atoms with Gasteiger partial charge in [0.05, 0.1) is 18.3 Å². The number of fused-ring (bicyclic) bond motifs is 1. The molecule has 1 N–H and O–H groups in total. The molecular formula is C16H17BClNO3. The summed E-state index contributed by atoms with van der Waals surface area (Å²) in [5, 5.41) is 11.4. The molecule has 0 saturated heterocycles. The Morgan fingerprint density at radius 1 is 1.27 bits per heavy atom. The van der Waals surface area contributed by atoms with Crippen LogP contribution in [0, 0.1) is 0 Å². The monoisotopic (exact) mass is 317 g/mol. The van der Waals surface area contributed by atoms with E-state index in [2.05, 4.69) is 4.98 Å². The third kappa shape index (κ3) is 2.92. The highest BCUT2D eigenvalue weighted by molar-refractivity contribution is 6.53. The number of para-hydroxylation sites is 1. The summed E-state index contributed by atoms with van der Waals surface area (Å²) in [6.07, 6.45) is 7.64. The van der Waals surface area contributed by atoms with Crippen LogP contribution in [-0.2, 0) is 0 Å². The maximum absolute atomic E-state index is 10.2. The van der Waals surface area contributed by atoms with Crippen LogP contribution >= 0.6 is 11.6 Å². The first kappa shape index (κ1) is 15.2. The van der Waals surface area contributed by atoms with E-state index in [-0.39, 0.29) is 0 Å². The third-order valence-electron chi connectivity index (χ3n) is 3.86. The minimum absolute atomic E-state index is 0.376. The van der Waals surface area contributed by atoms with Gasteiger partial charge in [-0.25, -0.2) is 4.98 Å². The van der Waals surface area contributed by atoms with E-state index in [0.29, 0.717) is 22.0 Å². The zero-order chi connectivity index (χ0) is 15.5. The van der Waals surface area contributed by atoms with Gasteiger partial charge in [-0.15, -0.1) is 0 Å². The van der Waals surface area contributed by atoms with Crippen LogP contribution in [0.25, 0.3) is 10.9 Å². The third-order valence-corrected chi connectivity index (χ3v) is 4.25. The van der Waals surface area contributed by atoms with Gasteiger partial charge >= 0.3 is 7.12 Å². The van der Waals surface area contributed by atoms with Crippen molar-refractivity contribution in [2.24, 2.45) is 0 Å². The summed E-state index contributed by atoms with van der Waals surface area (Å²) in [5.41, 5.74) is 1.58. The predicted molar refractivity (Wildman–Crippen MR) is 88.5 cm³/mol. The summed E-state index contributed by atoms with van der Waals surface area (Å²) in [7, 11) is 0.622. The molecule has 114 valence electrons. The normalized spacial score (nSPS) is 14.6. The maximum Gasteiger partial charge on any atom is 0.555 e. The number of allylic oxidation sites excluding steroid dienone is 2. The first-order chi connectivity index (χ1) is 10.7. The Morgan fingerprint density at radius 3 is 2.86 bits per heavy atom. The van der Waals surface area contributed by atoms with Crippen LogP contribution in [0.2, 0.25) is 5.02 Å². The summed E-state index contributed by atoms with van der Waals surface area (Å²) < 4.78 is 10.9. The van der Waals surface area contributed by atoms with Gasteiger partial charge in [0.15, 0.2) is 0 Å². The Kier molecular flexibility index (Phi) is 4.55. The molecule has 1 aliphatic carbocycles. The molecule has 3 rings (SSSR count). The van der Waals surface area contributed by atoms with Crippen molar-refractivity contribution >= 4 is 29.6 Å². The number of nitrogens with zero attached hydrogens (tertiary/aromatic N) is 1. The lowest BCUT2D eigenvalue weighted by atomic mass is 9.73. The van der Waals surface area contributed by atoms with Gasteiger partial charge in [0.25, 0.3) is 0 Å². The lowest BCUT2D eigenvalue weighted by molar-refractivity contribution is 0.417. The molecule has 0 saturated carbocycles. The Bertz CT molecular complexity index is 720. The molecule has 0 bridgehead atoms. The smallest absolute Gasteiger partial charge is 0.530 e. The molecule has 0 fully saturated rings. The fourth-order valence-electron chi connectivity index (χ4n) is 2.68. The van der Waals surface area contributed by atoms with E-state index >= 15 is 0 Å². The zero-order valence-corrected chi connectivity index (χ0v) is 13.1. The first-order valence-corrected chi connectivity index (χ1v) is 7.73. The molecule has 1 aromatic heterocycles. The van der Waals surface area contributed by atoms with Crippen molar-refractivity contribution in [2.45, 2.75) is 25.7 Å². The number of hydrogen-bond acceptors (Lipinski definition) is 4. The van der Waals surface area contributed by atoms with E-state index < -0.39 is 7.12 Å². The molecule has 0 spiro atoms. The largest absolute Gasteiger partial charge is 0.555 e. The fraction of sp³-hybridized carbons (Fsp3) is 0.312. The number of pyridine rings is 1. The molecule has 1 aliphatic rings. The van der Waals surface area contributed by atoms with Crippen molar-refractivity contribution in [1.82, 2.24) is 4.98 Å². The lowest BCUT2D eigenvalue weighted by Gasteiger charge is -2.17. The quantitative estimate of drug-likeness (QED) is 0.872. The number of aromatic nitrogens is 1. The van der Waals surface area contributed by atoms with E-state index in [1.54, 1.807) is 7.11 Å². The van der Waals surface area contributed by atoms with Crippen LogP contribution in [-0.4, -0.2) is 24.2 Å². The number of halogens is 1. The highest BCUT2D eigenvalue weighted by atomic mass is 35.5. The number of methoxy groups -OCH3 is 1. The van der Waals surface area contributed by atoms with Crippen molar-refractivity contribution < 1.29 is 14.4 Å². The highest BCUT2D eigenvalue weighted by Gasteiger charge is 2.24. The van der Waals surface area contributed by atoms with Crippen molar-refractivity contribution in [1.29, 1.82) is 0 Å². The number of benzene rings is 1. The van der Waals surface area contributed by atoms with Crippen molar-refractivity contribution in [3.63, 3.8) is 0 Å². The summed E-state index contributed by atoms with van der Waals surface area (Å²) in [4.78, 5) is 4.35. The van der Waals surface area contributed by atoms with Gasteiger partial charge in [-0.1, -0.05) is 29.8 Å². The second-order valence-corrected chi connectivity index (χ2v) is 5.67. The molecule has 6 heteroatoms. The predicted octanol–water partition coefficient (Wildman–Crippen LogP) is 3.80. The zero-order valence-electron chi connectivity index (χ0n) is 12.4. The van der Waals surface area contributed by atoms with Crippen LogP contribution < -0.4 is 9.39 Å². The van der Waals surface area contributed by atoms with Crippen molar-refractivity contribution in [3.8, 4) is 11.5 Å². The molecule has 0 aliphatic heterocycles. The summed E-state index contributed by atoms with van der Waals surface area (Å²) in [6.45, 7) is 0. The van der Waals surface area contributed by atoms with Crippen LogP contribution in [0.1, 0.15) is 25.7 Å². The van der Waals surface area contributed by atoms with E-state index in [1.807, 2.05) is 24.3 Å². The second kappa shape index (κ2) is 6.59. The molecule has 2 aromatic rings. The van der Waals surface area contributed by atoms with Crippen molar-refractivity contribution in [2.75, 3.05) is 7.11 Å². The number of rotatable bonds is 4. The van der Waals surface area contributed by atoms with Crippen LogP contribution in [0.3, 0.4) is 0 Å². The molecule has 0 radical (unpaired) electrons. The Balaban J connectivity index is 1.91. The van der Waals surface area contributed by atoms with Gasteiger partial charge < -0.3 is 14.4 Å². The molecule has 1 heterocycles. The van der Waals surface area contributed by atoms with Gasteiger partial charge in [0.2, 0.25) is 0 Å². The van der Waals surface area contributed by atoms with Crippen LogP contribution in [0.4, 0.5) is 0 Å². The van der Waals surface area contributed by atoms with Crippen LogP contribution in [0.15, 0.2) is 35.9 Å². The average molecular weight is 318 g/mol. The molecule has 22 heavy (non-hydrogen) atoms. The minimum Gasteiger partial charge on any atom is -0.530 e. The lowest BCUT2D eigenvalue weighted by Crippen LogP contribution is -2.26. The standard InChI is InChI=1S/C16H17BClNO3/c1-21-13-9-5-8-12-15(18)14(10-19-16(12)13)22-17(20)11-6-3-2-4-7-11/h5-6,8-10,20H,2-4,7H2,1H3. The van der Waals surface area contributed by atoms with E-state index in [0.717, 1.165) is 36.5 Å². The summed E-state index contributed by atoms with van der Waals surface area (Å²) in [6, 6.07) is 5.53. The first-order valence-electron chi connectivity index (χ1n) is 7.35. The van der Waals surface area contributed by atoms with Gasteiger partial charge in [0.1, 0.15) is 17.0 Å². The van der Waals surface area contributed by atoms with Gasteiger partial charge in [-0.3, -0.25) is 0 Å². The molecule has 0 unspecified atom stereocenters. The number of ether oxygens (including phenoxy) is 1. The molecule has 1 aromatic carbocycles. The SMILES string of the molecule is COc1cccc2c(Cl)c(OB(O)C3=CCCCC3)cnc12. The molecular weight excluding hydrogens is 300 g/mol. The van der Waals surface area contributed by atoms with Gasteiger partial charge in [0, 0.05) is 5.39 Å². The van der Waals surface area contributed by atoms with E-state index in [9.17, 15) is 5.02 Å². The highest BCUT2D eigenvalue weighted by Crippen LogP contribution is 2.35. The van der Waals surface area contributed by atoms with Gasteiger partial charge in [-0.05, 0) is 37.2 Å². The second-order valence-electron chi connectivity index (χ2n) is 5.29. The van der Waals surface area contributed by atoms with Crippen LogP contribution in [0.5, 0.6) is 11.5 Å². The minimum atomic E-state index is -0.970. The van der Waals surface area contributed by atoms with E-state index in [4.69, 9.17) is 21.0 Å². The molecule has 4 nitrogen and oxygen atoms in total. The molecule has 0 amide bonds. The fourth-order valence-corrected chi connectivity index (χ4v) is 2.92. The van der Waals surface area contributed by atoms with E-state index in [1.165, 1.54) is 6.20 Å². The Labute approximate surface area is 134 Å². The Morgan fingerprint density at radius 2 is 2.14 bits per heavy atom. The van der Waals surface area contributed by atoms with Crippen molar-refractivity contribution in [3.05, 3.63) is 41.0 Å². The summed E-state index contributed by atoms with van der Waals surface area (Å²) in [5.74, 6) is 1.03. The molecule has 0 atom stereocenters.